The number of imidazole rings is 1. The van der Waals surface area contributed by atoms with E-state index >= 15 is 0 Å². The number of amides is 1. The van der Waals surface area contributed by atoms with Crippen LogP contribution in [0.2, 0.25) is 10.0 Å². The Bertz CT molecular complexity index is 925. The van der Waals surface area contributed by atoms with Crippen LogP contribution in [0.4, 0.5) is 4.39 Å². The maximum Gasteiger partial charge on any atom is 0.225 e. The fourth-order valence-electron chi connectivity index (χ4n) is 2.66. The molecule has 1 atom stereocenters. The largest absolute Gasteiger partial charge is 0.342 e. The second-order valence-electron chi connectivity index (χ2n) is 5.86. The van der Waals surface area contributed by atoms with Gasteiger partial charge in [-0.25, -0.2) is 9.37 Å². The van der Waals surface area contributed by atoms with Crippen molar-refractivity contribution in [3.63, 3.8) is 0 Å². The number of hydrogen-bond acceptors (Lipinski definition) is 2. The Morgan fingerprint density at radius 2 is 1.96 bits per heavy atom. The molecule has 0 unspecified atom stereocenters. The molecule has 2 aromatic carbocycles. The van der Waals surface area contributed by atoms with Crippen LogP contribution in [0.1, 0.15) is 23.0 Å². The average Bonchev–Trinajstić information content (AvgIpc) is 3.02. The number of nitrogens with one attached hydrogen (secondary N) is 1. The van der Waals surface area contributed by atoms with Crippen LogP contribution < -0.4 is 5.32 Å². The van der Waals surface area contributed by atoms with Crippen LogP contribution in [-0.4, -0.2) is 15.5 Å². The molecule has 0 aliphatic rings. The van der Waals surface area contributed by atoms with Crippen molar-refractivity contribution < 1.29 is 9.18 Å². The van der Waals surface area contributed by atoms with E-state index in [9.17, 15) is 9.18 Å². The van der Waals surface area contributed by atoms with Crippen molar-refractivity contribution in [1.82, 2.24) is 14.9 Å². The lowest BCUT2D eigenvalue weighted by atomic mass is 10.0. The maximum absolute atomic E-state index is 13.3. The zero-order valence-electron chi connectivity index (χ0n) is 13.9. The van der Waals surface area contributed by atoms with Crippen LogP contribution in [0.15, 0.2) is 54.9 Å². The van der Waals surface area contributed by atoms with Gasteiger partial charge in [0.05, 0.1) is 6.42 Å². The molecule has 1 amide bonds. The van der Waals surface area contributed by atoms with Gasteiger partial charge in [0.1, 0.15) is 17.7 Å². The molecular weight excluding hydrogens is 376 g/mol. The molecule has 3 rings (SSSR count). The highest BCUT2D eigenvalue weighted by Gasteiger charge is 2.21. The van der Waals surface area contributed by atoms with E-state index in [-0.39, 0.29) is 18.1 Å². The first-order valence-electron chi connectivity index (χ1n) is 7.90. The monoisotopic (exact) mass is 391 g/mol. The fraction of sp³-hybridized carbons (Fsp3) is 0.158. The van der Waals surface area contributed by atoms with Crippen molar-refractivity contribution in [1.29, 1.82) is 0 Å². The Balaban J connectivity index is 1.84. The molecule has 1 N–H and O–H groups in total. The lowest BCUT2D eigenvalue weighted by Crippen LogP contribution is -2.32. The van der Waals surface area contributed by atoms with Gasteiger partial charge in [-0.05, 0) is 35.4 Å². The van der Waals surface area contributed by atoms with Gasteiger partial charge in [-0.15, -0.1) is 0 Å². The SMILES string of the molecule is Cn1ccnc1[C@H](NC(=O)Cc1ccc(Cl)cc1Cl)c1ccc(F)cc1. The highest BCUT2D eigenvalue weighted by Crippen LogP contribution is 2.23. The van der Waals surface area contributed by atoms with Crippen LogP contribution in [0.3, 0.4) is 0 Å². The highest BCUT2D eigenvalue weighted by atomic mass is 35.5. The maximum atomic E-state index is 13.3. The highest BCUT2D eigenvalue weighted by molar-refractivity contribution is 6.35. The molecule has 0 radical (unpaired) electrons. The van der Waals surface area contributed by atoms with Gasteiger partial charge in [0.25, 0.3) is 0 Å². The molecule has 3 aromatic rings. The molecule has 0 spiro atoms. The third kappa shape index (κ3) is 4.23. The molecule has 0 aliphatic heterocycles. The first kappa shape index (κ1) is 18.4. The number of aromatic nitrogens is 2. The van der Waals surface area contributed by atoms with E-state index in [1.807, 2.05) is 11.6 Å². The van der Waals surface area contributed by atoms with E-state index in [1.165, 1.54) is 12.1 Å². The van der Waals surface area contributed by atoms with Crippen molar-refractivity contribution in [3.05, 3.63) is 87.7 Å². The molecule has 4 nitrogen and oxygen atoms in total. The summed E-state index contributed by atoms with van der Waals surface area (Å²) >= 11 is 12.0. The number of rotatable bonds is 5. The van der Waals surface area contributed by atoms with Crippen molar-refractivity contribution >= 4 is 29.1 Å². The van der Waals surface area contributed by atoms with E-state index in [4.69, 9.17) is 23.2 Å². The molecule has 134 valence electrons. The van der Waals surface area contributed by atoms with Crippen molar-refractivity contribution in [2.24, 2.45) is 7.05 Å². The summed E-state index contributed by atoms with van der Waals surface area (Å²) in [4.78, 5) is 16.9. The van der Waals surface area contributed by atoms with Crippen LogP contribution in [-0.2, 0) is 18.3 Å². The molecule has 0 aliphatic carbocycles. The predicted octanol–water partition coefficient (Wildman–Crippen LogP) is 4.31. The van der Waals surface area contributed by atoms with Gasteiger partial charge in [-0.2, -0.15) is 0 Å². The van der Waals surface area contributed by atoms with E-state index in [2.05, 4.69) is 10.3 Å². The van der Waals surface area contributed by atoms with E-state index in [1.54, 1.807) is 42.7 Å². The van der Waals surface area contributed by atoms with Gasteiger partial charge < -0.3 is 9.88 Å². The number of carbonyl (C=O) groups excluding carboxylic acids is 1. The smallest absolute Gasteiger partial charge is 0.225 e. The minimum Gasteiger partial charge on any atom is -0.342 e. The Morgan fingerprint density at radius 3 is 2.58 bits per heavy atom. The standard InChI is InChI=1S/C19H16Cl2FN3O/c1-25-9-8-23-19(25)18(12-3-6-15(22)7-4-12)24-17(26)10-13-2-5-14(20)11-16(13)21/h2-9,11,18H,10H2,1H3,(H,24,26)/t18-/m1/s1. The fourth-order valence-corrected chi connectivity index (χ4v) is 3.13. The third-order valence-electron chi connectivity index (χ3n) is 3.99. The van der Waals surface area contributed by atoms with E-state index < -0.39 is 6.04 Å². The molecule has 1 aromatic heterocycles. The number of nitrogens with zero attached hydrogens (tertiary/aromatic N) is 2. The average molecular weight is 392 g/mol. The Morgan fingerprint density at radius 1 is 1.23 bits per heavy atom. The first-order valence-corrected chi connectivity index (χ1v) is 8.65. The molecule has 26 heavy (non-hydrogen) atoms. The molecule has 0 saturated heterocycles. The molecular formula is C19H16Cl2FN3O. The number of hydrogen-bond donors (Lipinski definition) is 1. The molecule has 0 bridgehead atoms. The summed E-state index contributed by atoms with van der Waals surface area (Å²) in [6.07, 6.45) is 3.53. The Labute approximate surface area is 160 Å². The number of carbonyl (C=O) groups is 1. The zero-order valence-corrected chi connectivity index (χ0v) is 15.4. The minimum absolute atomic E-state index is 0.0954. The van der Waals surface area contributed by atoms with Gasteiger partial charge in [0, 0.05) is 29.5 Å². The quantitative estimate of drug-likeness (QED) is 0.703. The van der Waals surface area contributed by atoms with Gasteiger partial charge in [-0.3, -0.25) is 4.79 Å². The Kier molecular flexibility index (Phi) is 5.59. The minimum atomic E-state index is -0.505. The van der Waals surface area contributed by atoms with E-state index in [0.29, 0.717) is 21.4 Å². The summed E-state index contributed by atoms with van der Waals surface area (Å²) in [7, 11) is 1.83. The number of benzene rings is 2. The molecule has 0 saturated carbocycles. The topological polar surface area (TPSA) is 46.9 Å². The lowest BCUT2D eigenvalue weighted by molar-refractivity contribution is -0.121. The zero-order chi connectivity index (χ0) is 18.7. The second kappa shape index (κ2) is 7.89. The van der Waals surface area contributed by atoms with Gasteiger partial charge in [0.2, 0.25) is 5.91 Å². The normalized spacial score (nSPS) is 12.0. The van der Waals surface area contributed by atoms with Crippen LogP contribution in [0, 0.1) is 5.82 Å². The summed E-state index contributed by atoms with van der Waals surface area (Å²) in [5.74, 6) is 0.0744. The van der Waals surface area contributed by atoms with Crippen LogP contribution in [0.25, 0.3) is 0 Å². The van der Waals surface area contributed by atoms with Gasteiger partial charge in [0.15, 0.2) is 0 Å². The van der Waals surface area contributed by atoms with Crippen LogP contribution >= 0.6 is 23.2 Å². The summed E-state index contributed by atoms with van der Waals surface area (Å²) < 4.78 is 15.1. The van der Waals surface area contributed by atoms with Gasteiger partial charge >= 0.3 is 0 Å². The third-order valence-corrected chi connectivity index (χ3v) is 4.58. The Hall–Kier alpha value is -2.37. The summed E-state index contributed by atoms with van der Waals surface area (Å²) in [5, 5.41) is 3.89. The van der Waals surface area contributed by atoms with Crippen molar-refractivity contribution in [2.45, 2.75) is 12.5 Å². The summed E-state index contributed by atoms with van der Waals surface area (Å²) in [5.41, 5.74) is 1.41. The summed E-state index contributed by atoms with van der Waals surface area (Å²) in [6, 6.07) is 10.5. The number of halogens is 3. The molecule has 0 fully saturated rings. The van der Waals surface area contributed by atoms with Crippen molar-refractivity contribution in [2.75, 3.05) is 0 Å². The predicted molar refractivity (Wildman–Crippen MR) is 99.8 cm³/mol. The van der Waals surface area contributed by atoms with Crippen molar-refractivity contribution in [3.8, 4) is 0 Å². The van der Waals surface area contributed by atoms with Crippen LogP contribution in [0.5, 0.6) is 0 Å². The molecule has 1 heterocycles. The van der Waals surface area contributed by atoms with E-state index in [0.717, 1.165) is 5.56 Å². The first-order chi connectivity index (χ1) is 12.4. The lowest BCUT2D eigenvalue weighted by Gasteiger charge is -2.19. The number of aryl methyl sites for hydroxylation is 1. The molecule has 7 heteroatoms. The van der Waals surface area contributed by atoms with Gasteiger partial charge in [-0.1, -0.05) is 41.4 Å². The summed E-state index contributed by atoms with van der Waals surface area (Å²) in [6.45, 7) is 0. The second-order valence-corrected chi connectivity index (χ2v) is 6.70.